The number of alkyl halides is 3. The molecule has 1 amide bonds. The Morgan fingerprint density at radius 3 is 2.30 bits per heavy atom. The minimum Gasteiger partial charge on any atom is -0.349 e. The summed E-state index contributed by atoms with van der Waals surface area (Å²) in [6.45, 7) is 0. The third-order valence-corrected chi connectivity index (χ3v) is 5.68. The topological polar surface area (TPSA) is 63.2 Å². The van der Waals surface area contributed by atoms with Crippen LogP contribution in [0.25, 0.3) is 0 Å². The van der Waals surface area contributed by atoms with E-state index in [4.69, 9.17) is 0 Å². The second-order valence-electron chi connectivity index (χ2n) is 5.86. The molecule has 0 saturated heterocycles. The zero-order valence-corrected chi connectivity index (χ0v) is 13.4. The lowest BCUT2D eigenvalue weighted by Gasteiger charge is -2.28. The van der Waals surface area contributed by atoms with Crippen LogP contribution in [0.5, 0.6) is 0 Å². The molecular weight excluding hydrogens is 331 g/mol. The summed E-state index contributed by atoms with van der Waals surface area (Å²) in [6, 6.07) is 3.67. The molecule has 2 rings (SSSR count). The van der Waals surface area contributed by atoms with Gasteiger partial charge in [-0.15, -0.1) is 0 Å². The second kappa shape index (κ2) is 6.51. The molecule has 8 heteroatoms. The van der Waals surface area contributed by atoms with Crippen molar-refractivity contribution in [1.29, 1.82) is 0 Å². The molecule has 0 aliphatic heterocycles. The van der Waals surface area contributed by atoms with E-state index in [0.29, 0.717) is 25.7 Å². The fourth-order valence-electron chi connectivity index (χ4n) is 2.74. The monoisotopic (exact) mass is 349 g/mol. The fourth-order valence-corrected chi connectivity index (χ4v) is 3.92. The third kappa shape index (κ3) is 4.70. The van der Waals surface area contributed by atoms with E-state index < -0.39 is 32.7 Å². The minimum absolute atomic E-state index is 0.125. The van der Waals surface area contributed by atoms with Crippen molar-refractivity contribution in [2.45, 2.75) is 43.2 Å². The molecule has 1 aromatic carbocycles. The number of rotatable bonds is 3. The van der Waals surface area contributed by atoms with Crippen molar-refractivity contribution >= 4 is 15.7 Å². The van der Waals surface area contributed by atoms with Gasteiger partial charge in [-0.2, -0.15) is 13.2 Å². The number of halogens is 3. The summed E-state index contributed by atoms with van der Waals surface area (Å²) in [7, 11) is -3.16. The molecule has 0 radical (unpaired) electrons. The van der Waals surface area contributed by atoms with E-state index >= 15 is 0 Å². The number of hydrogen-bond acceptors (Lipinski definition) is 3. The van der Waals surface area contributed by atoms with Crippen molar-refractivity contribution in [1.82, 2.24) is 5.32 Å². The SMILES string of the molecule is CS(=O)(=O)C1CCCC(NC(=O)c2ccc(C(F)(F)F)cc2)C1. The molecule has 128 valence electrons. The van der Waals surface area contributed by atoms with Crippen LogP contribution in [0, 0.1) is 0 Å². The molecule has 1 aromatic rings. The Labute approximate surface area is 133 Å². The number of amides is 1. The Morgan fingerprint density at radius 2 is 1.78 bits per heavy atom. The van der Waals surface area contributed by atoms with E-state index in [1.807, 2.05) is 0 Å². The van der Waals surface area contributed by atoms with Gasteiger partial charge in [-0.3, -0.25) is 4.79 Å². The van der Waals surface area contributed by atoms with Crippen molar-refractivity contribution in [2.24, 2.45) is 0 Å². The molecule has 0 bridgehead atoms. The first-order valence-electron chi connectivity index (χ1n) is 7.24. The fraction of sp³-hybridized carbons (Fsp3) is 0.533. The van der Waals surface area contributed by atoms with Crippen LogP contribution in [-0.2, 0) is 16.0 Å². The average molecular weight is 349 g/mol. The lowest BCUT2D eigenvalue weighted by molar-refractivity contribution is -0.137. The molecule has 2 unspecified atom stereocenters. The zero-order chi connectivity index (χ0) is 17.3. The summed E-state index contributed by atoms with van der Waals surface area (Å²) in [5, 5.41) is 2.23. The maximum Gasteiger partial charge on any atom is 0.416 e. The second-order valence-corrected chi connectivity index (χ2v) is 8.19. The summed E-state index contributed by atoms with van der Waals surface area (Å²) in [4.78, 5) is 12.1. The Morgan fingerprint density at radius 1 is 1.17 bits per heavy atom. The molecule has 4 nitrogen and oxygen atoms in total. The molecule has 0 heterocycles. The van der Waals surface area contributed by atoms with Crippen LogP contribution in [0.3, 0.4) is 0 Å². The van der Waals surface area contributed by atoms with Gasteiger partial charge in [0.1, 0.15) is 9.84 Å². The molecule has 0 aromatic heterocycles. The van der Waals surface area contributed by atoms with Crippen LogP contribution < -0.4 is 5.32 Å². The molecule has 1 aliphatic rings. The van der Waals surface area contributed by atoms with E-state index in [-0.39, 0.29) is 11.6 Å². The van der Waals surface area contributed by atoms with Gasteiger partial charge >= 0.3 is 6.18 Å². The van der Waals surface area contributed by atoms with Gasteiger partial charge < -0.3 is 5.32 Å². The van der Waals surface area contributed by atoms with E-state index in [1.165, 1.54) is 6.26 Å². The first-order valence-corrected chi connectivity index (χ1v) is 9.20. The van der Waals surface area contributed by atoms with Crippen molar-refractivity contribution in [3.8, 4) is 0 Å². The van der Waals surface area contributed by atoms with Crippen LogP contribution in [0.4, 0.5) is 13.2 Å². The van der Waals surface area contributed by atoms with Crippen LogP contribution in [-0.4, -0.2) is 31.9 Å². The van der Waals surface area contributed by atoms with Gasteiger partial charge in [0.2, 0.25) is 0 Å². The first kappa shape index (κ1) is 17.8. The van der Waals surface area contributed by atoms with Crippen LogP contribution in [0.2, 0.25) is 0 Å². The highest BCUT2D eigenvalue weighted by molar-refractivity contribution is 7.91. The third-order valence-electron chi connectivity index (χ3n) is 4.04. The number of carbonyl (C=O) groups is 1. The number of sulfone groups is 1. The predicted octanol–water partition coefficient (Wildman–Crippen LogP) is 2.79. The van der Waals surface area contributed by atoms with Crippen molar-refractivity contribution in [2.75, 3.05) is 6.26 Å². The van der Waals surface area contributed by atoms with Gasteiger partial charge in [0.15, 0.2) is 0 Å². The first-order chi connectivity index (χ1) is 10.6. The maximum atomic E-state index is 12.5. The molecule has 1 N–H and O–H groups in total. The Kier molecular flexibility index (Phi) is 5.03. The van der Waals surface area contributed by atoms with Crippen molar-refractivity contribution in [3.05, 3.63) is 35.4 Å². The van der Waals surface area contributed by atoms with Crippen molar-refractivity contribution < 1.29 is 26.4 Å². The Bertz CT molecular complexity index is 668. The van der Waals surface area contributed by atoms with Gasteiger partial charge in [-0.05, 0) is 43.5 Å². The van der Waals surface area contributed by atoms with Crippen LogP contribution in [0.15, 0.2) is 24.3 Å². The largest absolute Gasteiger partial charge is 0.416 e. The van der Waals surface area contributed by atoms with Gasteiger partial charge in [-0.1, -0.05) is 6.42 Å². The molecule has 2 atom stereocenters. The lowest BCUT2D eigenvalue weighted by Crippen LogP contribution is -2.41. The van der Waals surface area contributed by atoms with Crippen molar-refractivity contribution in [3.63, 3.8) is 0 Å². The standard InChI is InChI=1S/C15H18F3NO3S/c1-23(21,22)13-4-2-3-12(9-13)19-14(20)10-5-7-11(8-6-10)15(16,17)18/h5-8,12-13H,2-4,9H2,1H3,(H,19,20). The highest BCUT2D eigenvalue weighted by atomic mass is 32.2. The number of benzene rings is 1. The van der Waals surface area contributed by atoms with Gasteiger partial charge in [0.05, 0.1) is 10.8 Å². The molecule has 1 saturated carbocycles. The van der Waals surface area contributed by atoms with E-state index in [0.717, 1.165) is 24.3 Å². The number of hydrogen-bond donors (Lipinski definition) is 1. The molecule has 0 spiro atoms. The van der Waals surface area contributed by atoms with Crippen LogP contribution in [0.1, 0.15) is 41.6 Å². The smallest absolute Gasteiger partial charge is 0.349 e. The normalized spacial score (nSPS) is 22.6. The van der Waals surface area contributed by atoms with E-state index in [2.05, 4.69) is 5.32 Å². The highest BCUT2D eigenvalue weighted by Gasteiger charge is 2.31. The van der Waals surface area contributed by atoms with E-state index in [1.54, 1.807) is 0 Å². The quantitative estimate of drug-likeness (QED) is 0.913. The predicted molar refractivity (Wildman–Crippen MR) is 79.8 cm³/mol. The number of carbonyl (C=O) groups excluding carboxylic acids is 1. The molecular formula is C15H18F3NO3S. The Hall–Kier alpha value is -1.57. The molecule has 1 aliphatic carbocycles. The summed E-state index contributed by atoms with van der Waals surface area (Å²) >= 11 is 0. The summed E-state index contributed by atoms with van der Waals surface area (Å²) in [5.74, 6) is -0.488. The van der Waals surface area contributed by atoms with Gasteiger partial charge in [0, 0.05) is 17.9 Å². The summed E-state index contributed by atoms with van der Waals surface area (Å²) < 4.78 is 60.7. The van der Waals surface area contributed by atoms with Crippen LogP contribution >= 0.6 is 0 Å². The average Bonchev–Trinajstić information content (AvgIpc) is 2.46. The number of nitrogens with one attached hydrogen (secondary N) is 1. The molecule has 23 heavy (non-hydrogen) atoms. The zero-order valence-electron chi connectivity index (χ0n) is 12.6. The summed E-state index contributed by atoms with van der Waals surface area (Å²) in [5.41, 5.74) is -0.691. The highest BCUT2D eigenvalue weighted by Crippen LogP contribution is 2.29. The molecule has 1 fully saturated rings. The Balaban J connectivity index is 2.01. The minimum atomic E-state index is -4.44. The summed E-state index contributed by atoms with van der Waals surface area (Å²) in [6.07, 6.45) is -0.996. The maximum absolute atomic E-state index is 12.5. The van der Waals surface area contributed by atoms with Gasteiger partial charge in [-0.25, -0.2) is 8.42 Å². The lowest BCUT2D eigenvalue weighted by atomic mass is 9.94. The van der Waals surface area contributed by atoms with E-state index in [9.17, 15) is 26.4 Å². The van der Waals surface area contributed by atoms with Gasteiger partial charge in [0.25, 0.3) is 5.91 Å².